The van der Waals surface area contributed by atoms with E-state index in [1.807, 2.05) is 36.0 Å². The monoisotopic (exact) mass is 365 g/mol. The van der Waals surface area contributed by atoms with E-state index in [9.17, 15) is 4.79 Å². The smallest absolute Gasteiger partial charge is 0.194 e. The second-order valence-corrected chi connectivity index (χ2v) is 7.57. The number of halogens is 2. The average molecular weight is 366 g/mol. The fourth-order valence-corrected chi connectivity index (χ4v) is 4.05. The van der Waals surface area contributed by atoms with Gasteiger partial charge in [0.15, 0.2) is 5.78 Å². The van der Waals surface area contributed by atoms with Gasteiger partial charge in [-0.15, -0.1) is 0 Å². The van der Waals surface area contributed by atoms with E-state index in [1.54, 1.807) is 18.2 Å². The fraction of sp³-hybridized carbons (Fsp3) is 0.278. The zero-order chi connectivity index (χ0) is 16.2. The van der Waals surface area contributed by atoms with Crippen LogP contribution in [-0.4, -0.2) is 35.3 Å². The Bertz CT molecular complexity index is 714. The molecule has 0 atom stereocenters. The number of benzene rings is 2. The Kier molecular flexibility index (Phi) is 5.65. The molecule has 0 unspecified atom stereocenters. The Balaban J connectivity index is 1.90. The molecule has 1 aliphatic heterocycles. The van der Waals surface area contributed by atoms with Crippen LogP contribution in [0.2, 0.25) is 10.0 Å². The van der Waals surface area contributed by atoms with Crippen LogP contribution in [0.3, 0.4) is 0 Å². The summed E-state index contributed by atoms with van der Waals surface area (Å²) in [5.74, 6) is 2.23. The molecule has 1 aliphatic rings. The molecule has 0 saturated carbocycles. The largest absolute Gasteiger partial charge is 0.297 e. The minimum Gasteiger partial charge on any atom is -0.297 e. The fourth-order valence-electron chi connectivity index (χ4n) is 2.70. The summed E-state index contributed by atoms with van der Waals surface area (Å²) in [6.45, 7) is 2.91. The predicted molar refractivity (Wildman–Crippen MR) is 98.9 cm³/mol. The van der Waals surface area contributed by atoms with E-state index >= 15 is 0 Å². The highest BCUT2D eigenvalue weighted by Gasteiger charge is 2.19. The lowest BCUT2D eigenvalue weighted by Crippen LogP contribution is -2.32. The first kappa shape index (κ1) is 16.8. The minimum absolute atomic E-state index is 0.0699. The van der Waals surface area contributed by atoms with Gasteiger partial charge in [-0.3, -0.25) is 9.69 Å². The van der Waals surface area contributed by atoms with Gasteiger partial charge >= 0.3 is 0 Å². The molecule has 23 heavy (non-hydrogen) atoms. The first-order valence-electron chi connectivity index (χ1n) is 7.53. The summed E-state index contributed by atoms with van der Waals surface area (Å²) >= 11 is 14.2. The molecular weight excluding hydrogens is 349 g/mol. The second kappa shape index (κ2) is 7.71. The van der Waals surface area contributed by atoms with Gasteiger partial charge < -0.3 is 0 Å². The molecule has 0 aromatic heterocycles. The molecule has 0 spiro atoms. The Morgan fingerprint density at radius 1 is 1.04 bits per heavy atom. The Morgan fingerprint density at radius 3 is 2.57 bits per heavy atom. The Hall–Kier alpha value is -1.00. The summed E-state index contributed by atoms with van der Waals surface area (Å²) in [5, 5.41) is 0.951. The average Bonchev–Trinajstić information content (AvgIpc) is 2.58. The van der Waals surface area contributed by atoms with Crippen LogP contribution in [0.4, 0.5) is 0 Å². The lowest BCUT2D eigenvalue weighted by molar-refractivity contribution is 0.103. The third kappa shape index (κ3) is 4.10. The first-order chi connectivity index (χ1) is 11.1. The van der Waals surface area contributed by atoms with Gasteiger partial charge in [-0.25, -0.2) is 0 Å². The lowest BCUT2D eigenvalue weighted by Gasteiger charge is -2.26. The van der Waals surface area contributed by atoms with Crippen LogP contribution < -0.4 is 0 Å². The Morgan fingerprint density at radius 2 is 1.78 bits per heavy atom. The Labute approximate surface area is 150 Å². The molecule has 5 heteroatoms. The summed E-state index contributed by atoms with van der Waals surface area (Å²) in [6.07, 6.45) is 0. The molecule has 2 aromatic carbocycles. The zero-order valence-electron chi connectivity index (χ0n) is 12.6. The standard InChI is InChI=1S/C18H17Cl2NOS/c19-14-5-6-17(20)16(11-14)18(22)15-4-2-1-3-13(15)12-21-7-9-23-10-8-21/h1-6,11H,7-10,12H2. The van der Waals surface area contributed by atoms with Crippen LogP contribution in [0.1, 0.15) is 21.5 Å². The van der Waals surface area contributed by atoms with Crippen LogP contribution in [-0.2, 0) is 6.54 Å². The van der Waals surface area contributed by atoms with Crippen molar-refractivity contribution >= 4 is 40.7 Å². The van der Waals surface area contributed by atoms with Gasteiger partial charge in [0.2, 0.25) is 0 Å². The second-order valence-electron chi connectivity index (χ2n) is 5.50. The summed E-state index contributed by atoms with van der Waals surface area (Å²) in [7, 11) is 0. The molecule has 120 valence electrons. The molecule has 2 aromatic rings. The quantitative estimate of drug-likeness (QED) is 0.727. The van der Waals surface area contributed by atoms with Crippen molar-refractivity contribution in [2.45, 2.75) is 6.54 Å². The molecule has 0 N–H and O–H groups in total. The molecule has 0 amide bonds. The summed E-state index contributed by atoms with van der Waals surface area (Å²) in [5.41, 5.74) is 2.20. The van der Waals surface area contributed by atoms with Crippen LogP contribution >= 0.6 is 35.0 Å². The van der Waals surface area contributed by atoms with Gasteiger partial charge in [0.1, 0.15) is 0 Å². The highest BCUT2D eigenvalue weighted by Crippen LogP contribution is 2.25. The van der Waals surface area contributed by atoms with E-state index in [0.717, 1.165) is 36.7 Å². The molecule has 1 saturated heterocycles. The van der Waals surface area contributed by atoms with Crippen LogP contribution in [0.25, 0.3) is 0 Å². The number of rotatable bonds is 4. The molecule has 0 bridgehead atoms. The van der Waals surface area contributed by atoms with Crippen molar-refractivity contribution in [2.75, 3.05) is 24.6 Å². The van der Waals surface area contributed by atoms with Crippen LogP contribution in [0, 0.1) is 0 Å². The van der Waals surface area contributed by atoms with Crippen molar-refractivity contribution < 1.29 is 4.79 Å². The number of hydrogen-bond donors (Lipinski definition) is 0. The summed E-state index contributed by atoms with van der Waals surface area (Å²) in [4.78, 5) is 15.3. The third-order valence-corrected chi connectivity index (χ3v) is 5.44. The lowest BCUT2D eigenvalue weighted by atomic mass is 9.98. The molecule has 0 aliphatic carbocycles. The van der Waals surface area contributed by atoms with Crippen LogP contribution in [0.15, 0.2) is 42.5 Å². The maximum atomic E-state index is 12.9. The van der Waals surface area contributed by atoms with E-state index < -0.39 is 0 Å². The topological polar surface area (TPSA) is 20.3 Å². The highest BCUT2D eigenvalue weighted by molar-refractivity contribution is 7.99. The number of carbonyl (C=O) groups excluding carboxylic acids is 1. The van der Waals surface area contributed by atoms with Crippen molar-refractivity contribution in [3.05, 3.63) is 69.2 Å². The van der Waals surface area contributed by atoms with E-state index in [4.69, 9.17) is 23.2 Å². The van der Waals surface area contributed by atoms with Crippen LogP contribution in [0.5, 0.6) is 0 Å². The van der Waals surface area contributed by atoms with E-state index in [-0.39, 0.29) is 5.78 Å². The van der Waals surface area contributed by atoms with Crippen molar-refractivity contribution in [2.24, 2.45) is 0 Å². The van der Waals surface area contributed by atoms with E-state index in [2.05, 4.69) is 4.90 Å². The number of carbonyl (C=O) groups is 1. The third-order valence-electron chi connectivity index (χ3n) is 3.93. The van der Waals surface area contributed by atoms with Crippen molar-refractivity contribution in [3.8, 4) is 0 Å². The van der Waals surface area contributed by atoms with Crippen molar-refractivity contribution in [1.82, 2.24) is 4.90 Å². The molecule has 1 heterocycles. The number of ketones is 1. The zero-order valence-corrected chi connectivity index (χ0v) is 14.9. The molecular formula is C18H17Cl2NOS. The molecule has 3 rings (SSSR count). The summed E-state index contributed by atoms with van der Waals surface area (Å²) < 4.78 is 0. The number of nitrogens with zero attached hydrogens (tertiary/aromatic N) is 1. The molecule has 0 radical (unpaired) electrons. The number of hydrogen-bond acceptors (Lipinski definition) is 3. The van der Waals surface area contributed by atoms with Gasteiger partial charge in [-0.05, 0) is 23.8 Å². The molecule has 2 nitrogen and oxygen atoms in total. The SMILES string of the molecule is O=C(c1cc(Cl)ccc1Cl)c1ccccc1CN1CCSCC1. The van der Waals surface area contributed by atoms with Gasteiger partial charge in [0.25, 0.3) is 0 Å². The van der Waals surface area contributed by atoms with Crippen molar-refractivity contribution in [3.63, 3.8) is 0 Å². The normalized spacial score (nSPS) is 15.6. The maximum Gasteiger partial charge on any atom is 0.194 e. The minimum atomic E-state index is -0.0699. The van der Waals surface area contributed by atoms with E-state index in [0.29, 0.717) is 21.2 Å². The van der Waals surface area contributed by atoms with E-state index in [1.165, 1.54) is 0 Å². The van der Waals surface area contributed by atoms with Gasteiger partial charge in [-0.2, -0.15) is 11.8 Å². The first-order valence-corrected chi connectivity index (χ1v) is 9.44. The molecule has 1 fully saturated rings. The maximum absolute atomic E-state index is 12.9. The summed E-state index contributed by atoms with van der Waals surface area (Å²) in [6, 6.07) is 12.8. The highest BCUT2D eigenvalue weighted by atomic mass is 35.5. The predicted octanol–water partition coefficient (Wildman–Crippen LogP) is 4.77. The van der Waals surface area contributed by atoms with Gasteiger partial charge in [-0.1, -0.05) is 47.5 Å². The number of thioether (sulfide) groups is 1. The van der Waals surface area contributed by atoms with Crippen molar-refractivity contribution in [1.29, 1.82) is 0 Å². The van der Waals surface area contributed by atoms with Gasteiger partial charge in [0, 0.05) is 47.3 Å². The van der Waals surface area contributed by atoms with Gasteiger partial charge in [0.05, 0.1) is 5.02 Å².